The summed E-state index contributed by atoms with van der Waals surface area (Å²) in [7, 11) is 0. The van der Waals surface area contributed by atoms with E-state index in [1.165, 1.54) is 60.4 Å². The standard InChI is InChI=1S/C55H38N2O/c1-55(2)46-24-11-8-21-44(46)52-47(55)34-50(53-45-22-10-13-26-51(45)58-54(52)53)56(38-29-27-36(28-30-38)41-23-14-16-35-15-6-7-19-40(35)41)39-31-32-43-42-20-9-12-25-48(42)57(49(43)33-39)37-17-4-3-5-18-37/h3-34H,1-2H3. The Labute approximate surface area is 336 Å². The van der Waals surface area contributed by atoms with E-state index in [0.717, 1.165) is 50.2 Å². The summed E-state index contributed by atoms with van der Waals surface area (Å²) in [4.78, 5) is 2.46. The van der Waals surface area contributed by atoms with Crippen LogP contribution in [-0.2, 0) is 5.41 Å². The minimum Gasteiger partial charge on any atom is -0.455 e. The number of anilines is 3. The summed E-state index contributed by atoms with van der Waals surface area (Å²) in [6.07, 6.45) is 0. The van der Waals surface area contributed by atoms with E-state index < -0.39 is 0 Å². The molecule has 0 bridgehead atoms. The second-order valence-corrected chi connectivity index (χ2v) is 16.1. The zero-order valence-corrected chi connectivity index (χ0v) is 32.3. The quantitative estimate of drug-likeness (QED) is 0.175. The first-order valence-corrected chi connectivity index (χ1v) is 20.1. The Morgan fingerprint density at radius 2 is 1.14 bits per heavy atom. The molecule has 0 aliphatic heterocycles. The summed E-state index contributed by atoms with van der Waals surface area (Å²) in [5.41, 5.74) is 15.8. The van der Waals surface area contributed by atoms with Crippen LogP contribution in [0.3, 0.4) is 0 Å². The van der Waals surface area contributed by atoms with Gasteiger partial charge in [0.05, 0.1) is 22.1 Å². The molecule has 274 valence electrons. The Morgan fingerprint density at radius 1 is 0.483 bits per heavy atom. The Morgan fingerprint density at radius 3 is 2.00 bits per heavy atom. The van der Waals surface area contributed by atoms with Crippen molar-refractivity contribution in [3.63, 3.8) is 0 Å². The van der Waals surface area contributed by atoms with Crippen LogP contribution in [0.15, 0.2) is 199 Å². The van der Waals surface area contributed by atoms with Crippen LogP contribution in [0.25, 0.3) is 82.5 Å². The molecule has 0 saturated carbocycles. The highest BCUT2D eigenvalue weighted by Gasteiger charge is 2.39. The molecule has 0 saturated heterocycles. The summed E-state index contributed by atoms with van der Waals surface area (Å²) < 4.78 is 9.39. The third-order valence-corrected chi connectivity index (χ3v) is 12.6. The van der Waals surface area contributed by atoms with Gasteiger partial charge in [0.15, 0.2) is 0 Å². The number of furan rings is 1. The van der Waals surface area contributed by atoms with Crippen molar-refractivity contribution in [1.82, 2.24) is 4.57 Å². The van der Waals surface area contributed by atoms with E-state index in [1.54, 1.807) is 0 Å². The van der Waals surface area contributed by atoms with Gasteiger partial charge >= 0.3 is 0 Å². The lowest BCUT2D eigenvalue weighted by atomic mass is 9.82. The summed E-state index contributed by atoms with van der Waals surface area (Å²) in [6.45, 7) is 4.70. The van der Waals surface area contributed by atoms with E-state index in [9.17, 15) is 0 Å². The van der Waals surface area contributed by atoms with Crippen LogP contribution in [0, 0.1) is 0 Å². The number of hydrogen-bond donors (Lipinski definition) is 0. The monoisotopic (exact) mass is 742 g/mol. The van der Waals surface area contributed by atoms with Gasteiger partial charge in [-0.05, 0) is 93.2 Å². The fourth-order valence-corrected chi connectivity index (χ4v) is 9.85. The van der Waals surface area contributed by atoms with E-state index in [4.69, 9.17) is 4.42 Å². The molecule has 3 nitrogen and oxygen atoms in total. The zero-order valence-electron chi connectivity index (χ0n) is 32.3. The minimum atomic E-state index is -0.235. The number of rotatable bonds is 5. The van der Waals surface area contributed by atoms with Crippen LogP contribution in [0.4, 0.5) is 17.1 Å². The first-order valence-electron chi connectivity index (χ1n) is 20.1. The third-order valence-electron chi connectivity index (χ3n) is 12.6. The topological polar surface area (TPSA) is 21.3 Å². The molecular formula is C55H38N2O. The maximum atomic E-state index is 6.98. The fraction of sp³-hybridized carbons (Fsp3) is 0.0545. The average Bonchev–Trinajstić information content (AvgIpc) is 3.90. The Balaban J connectivity index is 1.16. The van der Waals surface area contributed by atoms with Crippen molar-refractivity contribution in [3.05, 3.63) is 205 Å². The molecule has 1 aliphatic rings. The second-order valence-electron chi connectivity index (χ2n) is 16.1. The van der Waals surface area contributed by atoms with Gasteiger partial charge in [-0.1, -0.05) is 153 Å². The smallest absolute Gasteiger partial charge is 0.145 e. The van der Waals surface area contributed by atoms with Crippen molar-refractivity contribution < 1.29 is 4.42 Å². The fourth-order valence-electron chi connectivity index (χ4n) is 9.85. The molecule has 0 amide bonds. The van der Waals surface area contributed by atoms with Crippen LogP contribution < -0.4 is 4.90 Å². The second kappa shape index (κ2) is 12.3. The van der Waals surface area contributed by atoms with Gasteiger partial charge in [0, 0.05) is 44.2 Å². The van der Waals surface area contributed by atoms with E-state index in [-0.39, 0.29) is 5.41 Å². The zero-order chi connectivity index (χ0) is 38.5. The van der Waals surface area contributed by atoms with Crippen molar-refractivity contribution in [2.75, 3.05) is 4.90 Å². The SMILES string of the molecule is CC1(C)c2ccccc2-c2c1cc(N(c1ccc(-c3cccc4ccccc34)cc1)c1ccc3c4ccccc4n(-c4ccccc4)c3c1)c1c2oc2ccccc21. The number of para-hydroxylation sites is 3. The molecule has 0 unspecified atom stereocenters. The van der Waals surface area contributed by atoms with E-state index in [1.807, 2.05) is 0 Å². The predicted octanol–water partition coefficient (Wildman–Crippen LogP) is 15.3. The summed E-state index contributed by atoms with van der Waals surface area (Å²) in [5, 5.41) is 7.17. The van der Waals surface area contributed by atoms with E-state index in [2.05, 4.69) is 217 Å². The normalized spacial score (nSPS) is 13.1. The van der Waals surface area contributed by atoms with Gasteiger partial charge in [0.2, 0.25) is 0 Å². The lowest BCUT2D eigenvalue weighted by Crippen LogP contribution is -2.17. The molecular weight excluding hydrogens is 705 g/mol. The van der Waals surface area contributed by atoms with E-state index >= 15 is 0 Å². The lowest BCUT2D eigenvalue weighted by molar-refractivity contribution is 0.653. The number of fused-ring (bicyclic) bond motifs is 11. The summed E-state index contributed by atoms with van der Waals surface area (Å²) in [5.74, 6) is 0. The molecule has 11 aromatic rings. The molecule has 1 aliphatic carbocycles. The molecule has 0 radical (unpaired) electrons. The highest BCUT2D eigenvalue weighted by Crippen LogP contribution is 2.56. The Hall–Kier alpha value is -7.36. The van der Waals surface area contributed by atoms with Gasteiger partial charge in [-0.25, -0.2) is 0 Å². The number of benzene rings is 9. The summed E-state index contributed by atoms with van der Waals surface area (Å²) >= 11 is 0. The molecule has 0 N–H and O–H groups in total. The maximum Gasteiger partial charge on any atom is 0.145 e. The minimum absolute atomic E-state index is 0.235. The Bertz CT molecular complexity index is 3420. The van der Waals surface area contributed by atoms with Gasteiger partial charge in [0.1, 0.15) is 11.2 Å². The first-order chi connectivity index (χ1) is 28.5. The molecule has 12 rings (SSSR count). The van der Waals surface area contributed by atoms with Gasteiger partial charge in [0.25, 0.3) is 0 Å². The molecule has 0 atom stereocenters. The molecule has 58 heavy (non-hydrogen) atoms. The summed E-state index contributed by atoms with van der Waals surface area (Å²) in [6, 6.07) is 70.6. The van der Waals surface area contributed by atoms with Crippen molar-refractivity contribution in [1.29, 1.82) is 0 Å². The largest absolute Gasteiger partial charge is 0.455 e. The van der Waals surface area contributed by atoms with Crippen LogP contribution >= 0.6 is 0 Å². The van der Waals surface area contributed by atoms with Crippen LogP contribution in [-0.4, -0.2) is 4.57 Å². The molecule has 3 heteroatoms. The molecule has 2 aromatic heterocycles. The number of nitrogens with zero attached hydrogens (tertiary/aromatic N) is 2. The maximum absolute atomic E-state index is 6.98. The van der Waals surface area contributed by atoms with Crippen molar-refractivity contribution in [2.24, 2.45) is 0 Å². The molecule has 0 fully saturated rings. The van der Waals surface area contributed by atoms with Crippen LogP contribution in [0.1, 0.15) is 25.0 Å². The molecule has 2 heterocycles. The van der Waals surface area contributed by atoms with Gasteiger partial charge in [-0.15, -0.1) is 0 Å². The number of hydrogen-bond acceptors (Lipinski definition) is 2. The van der Waals surface area contributed by atoms with Crippen molar-refractivity contribution in [3.8, 4) is 27.9 Å². The molecule has 0 spiro atoms. The average molecular weight is 743 g/mol. The van der Waals surface area contributed by atoms with Crippen molar-refractivity contribution in [2.45, 2.75) is 19.3 Å². The third kappa shape index (κ3) is 4.68. The van der Waals surface area contributed by atoms with Gasteiger partial charge < -0.3 is 13.9 Å². The van der Waals surface area contributed by atoms with Crippen molar-refractivity contribution >= 4 is 71.6 Å². The van der Waals surface area contributed by atoms with Crippen LogP contribution in [0.5, 0.6) is 0 Å². The molecule has 9 aromatic carbocycles. The lowest BCUT2D eigenvalue weighted by Gasteiger charge is -2.29. The predicted molar refractivity (Wildman–Crippen MR) is 243 cm³/mol. The highest BCUT2D eigenvalue weighted by atomic mass is 16.3. The van der Waals surface area contributed by atoms with Crippen LogP contribution in [0.2, 0.25) is 0 Å². The Kier molecular flexibility index (Phi) is 6.98. The highest BCUT2D eigenvalue weighted by molar-refractivity contribution is 6.19. The van der Waals surface area contributed by atoms with E-state index in [0.29, 0.717) is 0 Å². The van der Waals surface area contributed by atoms with Gasteiger partial charge in [-0.3, -0.25) is 0 Å². The van der Waals surface area contributed by atoms with Gasteiger partial charge in [-0.2, -0.15) is 0 Å². The first kappa shape index (κ1) is 32.8. The number of aromatic nitrogens is 1.